The second-order valence-electron chi connectivity index (χ2n) is 4.05. The predicted molar refractivity (Wildman–Crippen MR) is 44.2 cm³/mol. The molecule has 0 saturated carbocycles. The van der Waals surface area contributed by atoms with Crippen LogP contribution in [0.15, 0.2) is 16.7 Å². The number of furan rings is 1. The van der Waals surface area contributed by atoms with E-state index in [1.165, 1.54) is 12.0 Å². The van der Waals surface area contributed by atoms with Crippen molar-refractivity contribution < 1.29 is 4.42 Å². The highest BCUT2D eigenvalue weighted by Crippen LogP contribution is 2.35. The van der Waals surface area contributed by atoms with E-state index in [1.54, 1.807) is 6.26 Å². The molecule has 1 radical (unpaired) electrons. The van der Waals surface area contributed by atoms with E-state index in [0.29, 0.717) is 5.41 Å². The fourth-order valence-corrected chi connectivity index (χ4v) is 1.57. The van der Waals surface area contributed by atoms with Crippen LogP contribution < -0.4 is 0 Å². The maximum Gasteiger partial charge on any atom is 0.107 e. The zero-order valence-electron chi connectivity index (χ0n) is 7.05. The first-order chi connectivity index (χ1) is 5.17. The summed E-state index contributed by atoms with van der Waals surface area (Å²) < 4.78 is 5.36. The minimum Gasteiger partial charge on any atom is -0.469 e. The summed E-state index contributed by atoms with van der Waals surface area (Å²) in [6.45, 7) is 4.55. The Morgan fingerprint density at radius 1 is 1.45 bits per heavy atom. The molecule has 1 aromatic rings. The van der Waals surface area contributed by atoms with Crippen molar-refractivity contribution in [3.05, 3.63) is 30.1 Å². The van der Waals surface area contributed by atoms with Gasteiger partial charge in [0.15, 0.2) is 0 Å². The number of hydrogen-bond donors (Lipinski definition) is 0. The van der Waals surface area contributed by atoms with E-state index < -0.39 is 0 Å². The van der Waals surface area contributed by atoms with Crippen LogP contribution >= 0.6 is 0 Å². The predicted octanol–water partition coefficient (Wildman–Crippen LogP) is 2.80. The van der Waals surface area contributed by atoms with Crippen molar-refractivity contribution in [1.29, 1.82) is 0 Å². The van der Waals surface area contributed by atoms with Crippen molar-refractivity contribution in [1.82, 2.24) is 0 Å². The molecule has 2 rings (SSSR count). The Kier molecular flexibility index (Phi) is 1.35. The van der Waals surface area contributed by atoms with Crippen LogP contribution in [0.3, 0.4) is 0 Å². The van der Waals surface area contributed by atoms with Crippen LogP contribution in [-0.4, -0.2) is 0 Å². The normalized spacial score (nSPS) is 21.3. The molecule has 11 heavy (non-hydrogen) atoms. The zero-order chi connectivity index (χ0) is 7.90. The molecule has 1 aromatic heterocycles. The standard InChI is InChI=1S/C10H13O/c1-10(2)5-3-8-4-6-11-9(8)7-10/h3-4,6H,5,7H2,1-2H3. The molecule has 0 fully saturated rings. The summed E-state index contributed by atoms with van der Waals surface area (Å²) in [6.07, 6.45) is 6.29. The molecule has 0 aliphatic heterocycles. The number of hydrogen-bond acceptors (Lipinski definition) is 1. The molecule has 1 aliphatic carbocycles. The summed E-state index contributed by atoms with van der Waals surface area (Å²) in [5.74, 6) is 1.15. The van der Waals surface area contributed by atoms with Crippen LogP contribution in [0.1, 0.15) is 31.6 Å². The van der Waals surface area contributed by atoms with Crippen molar-refractivity contribution in [2.24, 2.45) is 5.41 Å². The van der Waals surface area contributed by atoms with E-state index in [9.17, 15) is 0 Å². The molecule has 0 atom stereocenters. The first kappa shape index (κ1) is 6.96. The molecule has 1 nitrogen and oxygen atoms in total. The van der Waals surface area contributed by atoms with Crippen molar-refractivity contribution >= 4 is 0 Å². The molecule has 1 aliphatic rings. The van der Waals surface area contributed by atoms with Gasteiger partial charge in [-0.3, -0.25) is 0 Å². The third-order valence-electron chi connectivity index (χ3n) is 2.29. The number of rotatable bonds is 0. The van der Waals surface area contributed by atoms with Gasteiger partial charge in [-0.05, 0) is 29.9 Å². The minimum atomic E-state index is 0.394. The fourth-order valence-electron chi connectivity index (χ4n) is 1.57. The van der Waals surface area contributed by atoms with Crippen molar-refractivity contribution in [3.63, 3.8) is 0 Å². The molecular weight excluding hydrogens is 136 g/mol. The largest absolute Gasteiger partial charge is 0.469 e. The molecule has 0 bridgehead atoms. The lowest BCUT2D eigenvalue weighted by molar-refractivity contribution is 0.310. The molecule has 0 aromatic carbocycles. The molecule has 0 unspecified atom stereocenters. The van der Waals surface area contributed by atoms with E-state index in [-0.39, 0.29) is 0 Å². The average Bonchev–Trinajstić information content (AvgIpc) is 2.31. The van der Waals surface area contributed by atoms with Gasteiger partial charge in [0.25, 0.3) is 0 Å². The maximum absolute atomic E-state index is 5.36. The van der Waals surface area contributed by atoms with Gasteiger partial charge in [0.05, 0.1) is 6.26 Å². The van der Waals surface area contributed by atoms with Gasteiger partial charge in [0.2, 0.25) is 0 Å². The molecule has 0 N–H and O–H groups in total. The van der Waals surface area contributed by atoms with Crippen LogP contribution in [0.4, 0.5) is 0 Å². The fraction of sp³-hybridized carbons (Fsp3) is 0.500. The average molecular weight is 149 g/mol. The molecule has 59 valence electrons. The molecule has 1 heterocycles. The van der Waals surface area contributed by atoms with Crippen LogP contribution in [0.5, 0.6) is 0 Å². The Bertz CT molecular complexity index is 258. The second kappa shape index (κ2) is 2.13. The lowest BCUT2D eigenvalue weighted by Crippen LogP contribution is -2.19. The van der Waals surface area contributed by atoms with Crippen LogP contribution in [0.2, 0.25) is 0 Å². The summed E-state index contributed by atoms with van der Waals surface area (Å²) in [7, 11) is 0. The monoisotopic (exact) mass is 149 g/mol. The van der Waals surface area contributed by atoms with Crippen LogP contribution in [0, 0.1) is 11.8 Å². The molecule has 1 heteroatoms. The van der Waals surface area contributed by atoms with Gasteiger partial charge < -0.3 is 4.42 Å². The highest BCUT2D eigenvalue weighted by Gasteiger charge is 2.26. The van der Waals surface area contributed by atoms with Gasteiger partial charge in [-0.1, -0.05) is 13.8 Å². The molecule has 0 spiro atoms. The summed E-state index contributed by atoms with van der Waals surface area (Å²) in [6, 6.07) is 2.05. The van der Waals surface area contributed by atoms with E-state index >= 15 is 0 Å². The lowest BCUT2D eigenvalue weighted by atomic mass is 9.77. The van der Waals surface area contributed by atoms with Crippen LogP contribution in [0.25, 0.3) is 0 Å². The maximum atomic E-state index is 5.36. The van der Waals surface area contributed by atoms with Gasteiger partial charge in [-0.25, -0.2) is 0 Å². The second-order valence-corrected chi connectivity index (χ2v) is 4.05. The topological polar surface area (TPSA) is 13.1 Å². The van der Waals surface area contributed by atoms with Gasteiger partial charge in [0, 0.05) is 6.42 Å². The van der Waals surface area contributed by atoms with E-state index in [1.807, 2.05) is 6.07 Å². The van der Waals surface area contributed by atoms with E-state index in [0.717, 1.165) is 12.2 Å². The Balaban J connectivity index is 2.32. The Labute approximate surface area is 67.4 Å². The molecular formula is C10H13O. The van der Waals surface area contributed by atoms with Gasteiger partial charge in [-0.2, -0.15) is 0 Å². The quantitative estimate of drug-likeness (QED) is 0.552. The van der Waals surface area contributed by atoms with Crippen molar-refractivity contribution in [2.75, 3.05) is 0 Å². The van der Waals surface area contributed by atoms with Crippen molar-refractivity contribution in [3.8, 4) is 0 Å². The first-order valence-electron chi connectivity index (χ1n) is 4.07. The SMILES string of the molecule is CC1(C)C[CH]c2ccoc2C1. The summed E-state index contributed by atoms with van der Waals surface area (Å²) >= 11 is 0. The third kappa shape index (κ3) is 1.20. The highest BCUT2D eigenvalue weighted by molar-refractivity contribution is 5.29. The van der Waals surface area contributed by atoms with Gasteiger partial charge in [-0.15, -0.1) is 0 Å². The Morgan fingerprint density at radius 2 is 2.27 bits per heavy atom. The zero-order valence-corrected chi connectivity index (χ0v) is 7.05. The van der Waals surface area contributed by atoms with Crippen LogP contribution in [-0.2, 0) is 6.42 Å². The molecule has 0 amide bonds. The summed E-state index contributed by atoms with van der Waals surface area (Å²) in [4.78, 5) is 0. The van der Waals surface area contributed by atoms with Gasteiger partial charge >= 0.3 is 0 Å². The minimum absolute atomic E-state index is 0.394. The summed E-state index contributed by atoms with van der Waals surface area (Å²) in [5.41, 5.74) is 1.69. The highest BCUT2D eigenvalue weighted by atomic mass is 16.3. The lowest BCUT2D eigenvalue weighted by Gasteiger charge is -2.27. The number of fused-ring (bicyclic) bond motifs is 1. The third-order valence-corrected chi connectivity index (χ3v) is 2.29. The van der Waals surface area contributed by atoms with E-state index in [2.05, 4.69) is 20.3 Å². The van der Waals surface area contributed by atoms with E-state index in [4.69, 9.17) is 4.42 Å². The Hall–Kier alpha value is -0.720. The first-order valence-corrected chi connectivity index (χ1v) is 4.07. The molecule has 0 saturated heterocycles. The van der Waals surface area contributed by atoms with Gasteiger partial charge in [0.1, 0.15) is 5.76 Å². The summed E-state index contributed by atoms with van der Waals surface area (Å²) in [5, 5.41) is 0. The van der Waals surface area contributed by atoms with Crippen molar-refractivity contribution in [2.45, 2.75) is 26.7 Å². The smallest absolute Gasteiger partial charge is 0.107 e. The Morgan fingerprint density at radius 3 is 3.09 bits per heavy atom.